The zero-order valence-corrected chi connectivity index (χ0v) is 37.4. The minimum Gasteiger partial charge on any atom is -0.447 e. The molecule has 2 aromatic heterocycles. The summed E-state index contributed by atoms with van der Waals surface area (Å²) in [5, 5.41) is 5.66. The number of carbonyl (C=O) groups excluding carboxylic acids is 2. The van der Waals surface area contributed by atoms with Crippen molar-refractivity contribution in [2.24, 2.45) is 0 Å². The van der Waals surface area contributed by atoms with Gasteiger partial charge in [0.2, 0.25) is 5.09 Å². The SMILES string of the molecule is O=C(Nc1c2c(cc3c1CCC3)CCC2)NS(=O)(=O)c1cc2c(o1)C1CCN(CC1)C2.O=C(Nc1c2c(cc3c1CCC3)CCC2)NS(=O)(=O)c1cc2c(s1)C1CCN(CC1)C2. The molecule has 14 rings (SSSR count). The number of thiophene rings is 1. The van der Waals surface area contributed by atoms with Gasteiger partial charge in [0.05, 0.1) is 0 Å². The van der Waals surface area contributed by atoms with Gasteiger partial charge in [0.1, 0.15) is 9.97 Å². The van der Waals surface area contributed by atoms with E-state index >= 15 is 0 Å². The van der Waals surface area contributed by atoms with E-state index in [0.717, 1.165) is 164 Å². The van der Waals surface area contributed by atoms with E-state index in [9.17, 15) is 26.4 Å². The number of aryl methyl sites for hydroxylation is 4. The number of carbonyl (C=O) groups is 2. The van der Waals surface area contributed by atoms with E-state index in [1.165, 1.54) is 60.7 Å². The Hall–Kier alpha value is -4.22. The summed E-state index contributed by atoms with van der Waals surface area (Å²) in [5.74, 6) is 1.49. The molecule has 6 aliphatic heterocycles. The number of hydrogen-bond acceptors (Lipinski definition) is 10. The summed E-state index contributed by atoms with van der Waals surface area (Å²) >= 11 is 1.35. The molecule has 0 saturated carbocycles. The third-order valence-corrected chi connectivity index (χ3v) is 19.1. The van der Waals surface area contributed by atoms with Gasteiger partial charge in [-0.15, -0.1) is 11.3 Å². The second kappa shape index (κ2) is 15.8. The molecule has 62 heavy (non-hydrogen) atoms. The summed E-state index contributed by atoms with van der Waals surface area (Å²) in [6, 6.07) is 6.59. The molecule has 2 aromatic carbocycles. The number of furan rings is 1. The van der Waals surface area contributed by atoms with Crippen LogP contribution in [0.3, 0.4) is 0 Å². The topological polar surface area (TPSA) is 170 Å². The minimum atomic E-state index is -4.08. The standard InChI is InChI=1S/C23H27N3O4S.C23H27N3O3S2/c2*27-23(24-21-18-5-1-3-15(18)11-16-4-2-6-19(16)21)25-31(28,29)20-12-17-13-26-9-7-14(8-10-26)22(17)30-20/h2*11-12,14H,1-10,13H2,(H2,24,25,27). The number of hydrogen-bond donors (Lipinski definition) is 4. The summed E-state index contributed by atoms with van der Waals surface area (Å²) in [5.41, 5.74) is 13.7. The maximum absolute atomic E-state index is 13.0. The third-order valence-electron chi connectivity index (χ3n) is 14.7. The largest absolute Gasteiger partial charge is 0.447 e. The Labute approximate surface area is 367 Å². The molecule has 4 bridgehead atoms. The molecule has 328 valence electrons. The number of nitrogens with zero attached hydrogens (tertiary/aromatic N) is 2. The van der Waals surface area contributed by atoms with Crippen LogP contribution in [-0.2, 0) is 84.5 Å². The monoisotopic (exact) mass is 898 g/mol. The summed E-state index contributed by atoms with van der Waals surface area (Å²) in [4.78, 5) is 31.5. The number of amides is 4. The van der Waals surface area contributed by atoms with E-state index < -0.39 is 32.1 Å². The Morgan fingerprint density at radius 2 is 1.00 bits per heavy atom. The molecular formula is C46H54N6O7S3. The van der Waals surface area contributed by atoms with Crippen LogP contribution in [0.1, 0.15) is 129 Å². The quantitative estimate of drug-likeness (QED) is 0.154. The lowest BCUT2D eigenvalue weighted by Crippen LogP contribution is -2.35. The first kappa shape index (κ1) is 40.5. The van der Waals surface area contributed by atoms with Crippen LogP contribution < -0.4 is 20.1 Å². The molecule has 13 nitrogen and oxygen atoms in total. The van der Waals surface area contributed by atoms with Crippen molar-refractivity contribution in [3.8, 4) is 0 Å². The first-order valence-corrected chi connectivity index (χ1v) is 26.4. The fraction of sp³-hybridized carbons (Fsp3) is 0.522. The lowest BCUT2D eigenvalue weighted by Gasteiger charge is -2.26. The molecule has 16 heteroatoms. The van der Waals surface area contributed by atoms with Gasteiger partial charge in [-0.25, -0.2) is 27.5 Å². The second-order valence-corrected chi connectivity index (χ2v) is 23.2. The van der Waals surface area contributed by atoms with Crippen LogP contribution in [0, 0.1) is 0 Å². The van der Waals surface area contributed by atoms with Crippen molar-refractivity contribution >= 4 is 54.8 Å². The van der Waals surface area contributed by atoms with Crippen molar-refractivity contribution in [2.45, 2.75) is 137 Å². The van der Waals surface area contributed by atoms with Crippen molar-refractivity contribution in [3.63, 3.8) is 0 Å². The summed E-state index contributed by atoms with van der Waals surface area (Å²) in [6.07, 6.45) is 16.3. The van der Waals surface area contributed by atoms with Gasteiger partial charge in [-0.3, -0.25) is 9.80 Å². The van der Waals surface area contributed by atoms with Crippen LogP contribution in [0.5, 0.6) is 0 Å². The fourth-order valence-corrected chi connectivity index (χ4v) is 15.3. The minimum absolute atomic E-state index is 0.162. The van der Waals surface area contributed by atoms with Crippen molar-refractivity contribution in [3.05, 3.63) is 90.5 Å². The number of fused-ring (bicyclic) bond motifs is 8. The van der Waals surface area contributed by atoms with Gasteiger partial charge in [-0.1, -0.05) is 12.1 Å². The van der Waals surface area contributed by atoms with Crippen LogP contribution in [0.4, 0.5) is 21.0 Å². The molecule has 0 atom stereocenters. The molecule has 8 heterocycles. The van der Waals surface area contributed by atoms with Gasteiger partial charge in [0, 0.05) is 46.9 Å². The van der Waals surface area contributed by atoms with E-state index in [1.807, 2.05) is 0 Å². The number of benzene rings is 2. The number of piperidine rings is 2. The Kier molecular flexibility index (Phi) is 10.3. The predicted octanol–water partition coefficient (Wildman–Crippen LogP) is 7.39. The predicted molar refractivity (Wildman–Crippen MR) is 237 cm³/mol. The highest BCUT2D eigenvalue weighted by Crippen LogP contribution is 2.43. The lowest BCUT2D eigenvalue weighted by atomic mass is 9.95. The van der Waals surface area contributed by atoms with Gasteiger partial charge < -0.3 is 15.1 Å². The summed E-state index contributed by atoms with van der Waals surface area (Å²) < 4.78 is 62.5. The van der Waals surface area contributed by atoms with E-state index in [-0.39, 0.29) is 15.2 Å². The lowest BCUT2D eigenvalue weighted by molar-refractivity contribution is 0.212. The van der Waals surface area contributed by atoms with Crippen molar-refractivity contribution in [1.82, 2.24) is 19.2 Å². The molecule has 2 saturated heterocycles. The molecule has 4 N–H and O–H groups in total. The van der Waals surface area contributed by atoms with Crippen LogP contribution in [0.15, 0.2) is 38.0 Å². The fourth-order valence-electron chi connectivity index (χ4n) is 11.8. The molecule has 4 aliphatic carbocycles. The van der Waals surface area contributed by atoms with Crippen molar-refractivity contribution < 1.29 is 30.8 Å². The average Bonchev–Trinajstić information content (AvgIpc) is 4.11. The highest BCUT2D eigenvalue weighted by atomic mass is 32.2. The summed E-state index contributed by atoms with van der Waals surface area (Å²) in [7, 11) is -7.97. The van der Waals surface area contributed by atoms with Crippen LogP contribution in [-0.4, -0.2) is 64.9 Å². The molecule has 10 aliphatic rings. The van der Waals surface area contributed by atoms with Gasteiger partial charge in [0.25, 0.3) is 20.0 Å². The zero-order chi connectivity index (χ0) is 42.3. The molecule has 4 aromatic rings. The Balaban J connectivity index is 0.000000139. The average molecular weight is 899 g/mol. The van der Waals surface area contributed by atoms with Crippen LogP contribution >= 0.6 is 11.3 Å². The van der Waals surface area contributed by atoms with Gasteiger partial charge in [-0.05, 0) is 191 Å². The number of urea groups is 2. The van der Waals surface area contributed by atoms with E-state index in [1.54, 1.807) is 12.1 Å². The zero-order valence-electron chi connectivity index (χ0n) is 35.0. The normalized spacial score (nSPS) is 23.7. The van der Waals surface area contributed by atoms with Gasteiger partial charge >= 0.3 is 12.1 Å². The number of anilines is 2. The van der Waals surface area contributed by atoms with E-state index in [2.05, 4.69) is 42.0 Å². The maximum atomic E-state index is 13.0. The smallest absolute Gasteiger partial charge is 0.333 e. The number of rotatable bonds is 6. The third kappa shape index (κ3) is 7.46. The highest BCUT2D eigenvalue weighted by molar-refractivity contribution is 7.92. The molecule has 0 radical (unpaired) electrons. The molecule has 0 spiro atoms. The molecular weight excluding hydrogens is 845 g/mol. The Bertz CT molecular complexity index is 2470. The summed E-state index contributed by atoms with van der Waals surface area (Å²) in [6.45, 7) is 5.72. The number of sulfonamides is 2. The van der Waals surface area contributed by atoms with E-state index in [0.29, 0.717) is 12.5 Å². The first-order valence-electron chi connectivity index (χ1n) is 22.7. The molecule has 0 unspecified atom stereocenters. The van der Waals surface area contributed by atoms with Crippen molar-refractivity contribution in [2.75, 3.05) is 36.8 Å². The maximum Gasteiger partial charge on any atom is 0.333 e. The van der Waals surface area contributed by atoms with E-state index in [4.69, 9.17) is 4.42 Å². The molecule has 2 fully saturated rings. The van der Waals surface area contributed by atoms with Crippen LogP contribution in [0.25, 0.3) is 0 Å². The van der Waals surface area contributed by atoms with Crippen LogP contribution in [0.2, 0.25) is 0 Å². The highest BCUT2D eigenvalue weighted by Gasteiger charge is 2.36. The first-order chi connectivity index (χ1) is 30.0. The van der Waals surface area contributed by atoms with Crippen molar-refractivity contribution in [1.29, 1.82) is 0 Å². The Morgan fingerprint density at radius 3 is 1.50 bits per heavy atom. The Morgan fingerprint density at radius 1 is 0.548 bits per heavy atom. The second-order valence-electron chi connectivity index (χ2n) is 18.6. The van der Waals surface area contributed by atoms with Gasteiger partial charge in [-0.2, -0.15) is 8.42 Å². The van der Waals surface area contributed by atoms with Gasteiger partial charge in [0.15, 0.2) is 0 Å². The number of nitrogens with one attached hydrogen (secondary N) is 4. The molecule has 4 amide bonds.